The summed E-state index contributed by atoms with van der Waals surface area (Å²) in [5, 5.41) is 2.78. The third-order valence-corrected chi connectivity index (χ3v) is 3.23. The quantitative estimate of drug-likeness (QED) is 0.762. The maximum Gasteiger partial charge on any atom is 0.246 e. The molecule has 4 heteroatoms. The summed E-state index contributed by atoms with van der Waals surface area (Å²) in [7, 11) is 0. The van der Waals surface area contributed by atoms with Crippen LogP contribution in [0.3, 0.4) is 0 Å². The molecule has 0 radical (unpaired) electrons. The number of benzene rings is 2. The van der Waals surface area contributed by atoms with Gasteiger partial charge in [-0.2, -0.15) is 0 Å². The molecule has 0 saturated carbocycles. The molecule has 4 nitrogen and oxygen atoms in total. The van der Waals surface area contributed by atoms with Crippen molar-refractivity contribution in [2.75, 3.05) is 19.8 Å². The monoisotopic (exact) mass is 313 g/mol. The summed E-state index contributed by atoms with van der Waals surface area (Å²) < 4.78 is 11.0. The molecule has 0 bridgehead atoms. The van der Waals surface area contributed by atoms with Gasteiger partial charge in [0.2, 0.25) is 5.91 Å². The minimum absolute atomic E-state index is 0.0540. The molecule has 0 saturated heterocycles. The zero-order valence-electron chi connectivity index (χ0n) is 13.7. The maximum absolute atomic E-state index is 11.7. The first kappa shape index (κ1) is 17.0. The highest BCUT2D eigenvalue weighted by Crippen LogP contribution is 2.15. The van der Waals surface area contributed by atoms with E-state index >= 15 is 0 Å². The molecule has 0 spiro atoms. The molecular weight excluding hydrogens is 290 g/mol. The Labute approximate surface area is 137 Å². The van der Waals surface area contributed by atoms with E-state index in [1.165, 1.54) is 11.1 Å². The largest absolute Gasteiger partial charge is 0.492 e. The summed E-state index contributed by atoms with van der Waals surface area (Å²) in [6, 6.07) is 15.8. The topological polar surface area (TPSA) is 47.6 Å². The first-order chi connectivity index (χ1) is 11.1. The second-order valence-corrected chi connectivity index (χ2v) is 5.50. The fourth-order valence-corrected chi connectivity index (χ4v) is 2.26. The van der Waals surface area contributed by atoms with Gasteiger partial charge >= 0.3 is 0 Å². The van der Waals surface area contributed by atoms with Gasteiger partial charge in [-0.15, -0.1) is 0 Å². The summed E-state index contributed by atoms with van der Waals surface area (Å²) in [6.45, 7) is 5.46. The van der Waals surface area contributed by atoms with Crippen molar-refractivity contribution in [3.8, 4) is 5.75 Å². The van der Waals surface area contributed by atoms with E-state index in [2.05, 4.69) is 11.4 Å². The molecule has 0 atom stereocenters. The van der Waals surface area contributed by atoms with E-state index in [9.17, 15) is 4.79 Å². The molecular formula is C19H23NO3. The second kappa shape index (κ2) is 8.96. The van der Waals surface area contributed by atoms with Gasteiger partial charge in [-0.1, -0.05) is 36.4 Å². The fourth-order valence-electron chi connectivity index (χ4n) is 2.26. The highest BCUT2D eigenvalue weighted by molar-refractivity contribution is 5.77. The van der Waals surface area contributed by atoms with Crippen LogP contribution >= 0.6 is 0 Å². The molecule has 1 amide bonds. The minimum Gasteiger partial charge on any atom is -0.492 e. The van der Waals surface area contributed by atoms with E-state index in [1.54, 1.807) is 0 Å². The van der Waals surface area contributed by atoms with Crippen molar-refractivity contribution in [2.24, 2.45) is 0 Å². The number of amides is 1. The van der Waals surface area contributed by atoms with Crippen LogP contribution in [0.1, 0.15) is 16.7 Å². The number of nitrogens with one attached hydrogen (secondary N) is 1. The van der Waals surface area contributed by atoms with Crippen molar-refractivity contribution in [2.45, 2.75) is 20.5 Å². The summed E-state index contributed by atoms with van der Waals surface area (Å²) >= 11 is 0. The molecule has 0 fully saturated rings. The van der Waals surface area contributed by atoms with Crippen LogP contribution in [0.5, 0.6) is 5.75 Å². The first-order valence-corrected chi connectivity index (χ1v) is 7.73. The Balaban J connectivity index is 1.59. The van der Waals surface area contributed by atoms with Crippen molar-refractivity contribution < 1.29 is 14.3 Å². The number of carbonyl (C=O) groups is 1. The van der Waals surface area contributed by atoms with Gasteiger partial charge in [0, 0.05) is 0 Å². The Hall–Kier alpha value is -2.33. The van der Waals surface area contributed by atoms with Gasteiger partial charge in [-0.25, -0.2) is 0 Å². The van der Waals surface area contributed by atoms with Gasteiger partial charge in [0.15, 0.2) is 0 Å². The van der Waals surface area contributed by atoms with Gasteiger partial charge < -0.3 is 14.8 Å². The summed E-state index contributed by atoms with van der Waals surface area (Å²) in [6.07, 6.45) is 0. The predicted octanol–water partition coefficient (Wildman–Crippen LogP) is 3.02. The second-order valence-electron chi connectivity index (χ2n) is 5.50. The first-order valence-electron chi connectivity index (χ1n) is 7.73. The van der Waals surface area contributed by atoms with Crippen molar-refractivity contribution in [3.63, 3.8) is 0 Å². The smallest absolute Gasteiger partial charge is 0.246 e. The molecule has 0 aliphatic rings. The standard InChI is InChI=1S/C19H23NO3/c1-15-10-16(2)12-18(11-15)23-9-8-20-19(21)14-22-13-17-6-4-3-5-7-17/h3-7,10-12H,8-9,13-14H2,1-2H3,(H,20,21). The number of aryl methyl sites for hydroxylation is 2. The molecule has 0 unspecified atom stereocenters. The molecule has 122 valence electrons. The van der Waals surface area contributed by atoms with E-state index in [4.69, 9.17) is 9.47 Å². The van der Waals surface area contributed by atoms with Gasteiger partial charge in [-0.3, -0.25) is 4.79 Å². The lowest BCUT2D eigenvalue weighted by atomic mass is 10.1. The minimum atomic E-state index is -0.134. The van der Waals surface area contributed by atoms with Crippen LogP contribution in [0.25, 0.3) is 0 Å². The lowest BCUT2D eigenvalue weighted by molar-refractivity contribution is -0.126. The Morgan fingerprint density at radius 2 is 1.74 bits per heavy atom. The lowest BCUT2D eigenvalue weighted by Crippen LogP contribution is -2.31. The molecule has 2 aromatic rings. The third-order valence-electron chi connectivity index (χ3n) is 3.23. The van der Waals surface area contributed by atoms with Crippen molar-refractivity contribution in [1.29, 1.82) is 0 Å². The van der Waals surface area contributed by atoms with Gasteiger partial charge in [0.25, 0.3) is 0 Å². The van der Waals surface area contributed by atoms with Crippen LogP contribution in [0.4, 0.5) is 0 Å². The number of hydrogen-bond donors (Lipinski definition) is 1. The molecule has 0 aromatic heterocycles. The molecule has 0 aliphatic heterocycles. The molecule has 1 N–H and O–H groups in total. The number of hydrogen-bond acceptors (Lipinski definition) is 3. The Morgan fingerprint density at radius 1 is 1.04 bits per heavy atom. The zero-order chi connectivity index (χ0) is 16.5. The van der Waals surface area contributed by atoms with Gasteiger partial charge in [0.1, 0.15) is 19.0 Å². The molecule has 0 aliphatic carbocycles. The Morgan fingerprint density at radius 3 is 2.43 bits per heavy atom. The molecule has 2 rings (SSSR count). The van der Waals surface area contributed by atoms with Crippen LogP contribution in [-0.2, 0) is 16.1 Å². The summed E-state index contributed by atoms with van der Waals surface area (Å²) in [5.41, 5.74) is 3.38. The Kier molecular flexibility index (Phi) is 6.63. The molecule has 23 heavy (non-hydrogen) atoms. The average molecular weight is 313 g/mol. The zero-order valence-corrected chi connectivity index (χ0v) is 13.7. The van der Waals surface area contributed by atoms with Crippen molar-refractivity contribution in [3.05, 3.63) is 65.2 Å². The van der Waals surface area contributed by atoms with E-state index in [1.807, 2.05) is 56.3 Å². The van der Waals surface area contributed by atoms with Gasteiger partial charge in [0.05, 0.1) is 13.2 Å². The highest BCUT2D eigenvalue weighted by Gasteiger charge is 2.02. The van der Waals surface area contributed by atoms with Crippen molar-refractivity contribution >= 4 is 5.91 Å². The fraction of sp³-hybridized carbons (Fsp3) is 0.316. The lowest BCUT2D eigenvalue weighted by Gasteiger charge is -2.09. The van der Waals surface area contributed by atoms with Crippen LogP contribution in [0, 0.1) is 13.8 Å². The number of rotatable bonds is 8. The van der Waals surface area contributed by atoms with Crippen molar-refractivity contribution in [1.82, 2.24) is 5.32 Å². The predicted molar refractivity (Wildman–Crippen MR) is 90.5 cm³/mol. The van der Waals surface area contributed by atoms with E-state index in [-0.39, 0.29) is 12.5 Å². The molecule has 2 aromatic carbocycles. The summed E-state index contributed by atoms with van der Waals surface area (Å²) in [5.74, 6) is 0.696. The van der Waals surface area contributed by atoms with E-state index in [0.717, 1.165) is 11.3 Å². The Bertz CT molecular complexity index is 606. The van der Waals surface area contributed by atoms with Crippen LogP contribution in [0.15, 0.2) is 48.5 Å². The normalized spacial score (nSPS) is 10.3. The SMILES string of the molecule is Cc1cc(C)cc(OCCNC(=O)COCc2ccccc2)c1. The maximum atomic E-state index is 11.7. The summed E-state index contributed by atoms with van der Waals surface area (Å²) in [4.78, 5) is 11.7. The average Bonchev–Trinajstić information content (AvgIpc) is 2.52. The van der Waals surface area contributed by atoms with Gasteiger partial charge in [-0.05, 0) is 42.7 Å². The third kappa shape index (κ3) is 6.53. The van der Waals surface area contributed by atoms with Crippen LogP contribution in [0.2, 0.25) is 0 Å². The highest BCUT2D eigenvalue weighted by atomic mass is 16.5. The molecule has 0 heterocycles. The van der Waals surface area contributed by atoms with Crippen LogP contribution in [-0.4, -0.2) is 25.7 Å². The number of ether oxygens (including phenoxy) is 2. The van der Waals surface area contributed by atoms with E-state index in [0.29, 0.717) is 19.8 Å². The van der Waals surface area contributed by atoms with E-state index < -0.39 is 0 Å². The van der Waals surface area contributed by atoms with Crippen LogP contribution < -0.4 is 10.1 Å². The number of carbonyl (C=O) groups excluding carboxylic acids is 1.